The SMILES string of the molecule is Bc1cccc(Nc2ncnc3ccc(NC(=O)C=C)cc23)c1. The van der Waals surface area contributed by atoms with E-state index in [0.717, 1.165) is 22.1 Å². The molecule has 0 saturated heterocycles. The molecule has 5 nitrogen and oxygen atoms in total. The molecule has 112 valence electrons. The fourth-order valence-electron chi connectivity index (χ4n) is 2.29. The summed E-state index contributed by atoms with van der Waals surface area (Å²) in [6, 6.07) is 13.5. The van der Waals surface area contributed by atoms with Gasteiger partial charge in [-0.3, -0.25) is 4.79 Å². The fourth-order valence-corrected chi connectivity index (χ4v) is 2.29. The Bertz CT molecular complexity index is 895. The molecule has 1 amide bonds. The quantitative estimate of drug-likeness (QED) is 0.569. The molecular formula is C17H15BN4O. The van der Waals surface area contributed by atoms with Gasteiger partial charge in [0.1, 0.15) is 20.0 Å². The molecule has 0 radical (unpaired) electrons. The molecule has 23 heavy (non-hydrogen) atoms. The molecule has 0 unspecified atom stereocenters. The average molecular weight is 302 g/mol. The summed E-state index contributed by atoms with van der Waals surface area (Å²) in [6.07, 6.45) is 2.75. The van der Waals surface area contributed by atoms with Crippen LogP contribution in [0.4, 0.5) is 17.2 Å². The van der Waals surface area contributed by atoms with E-state index in [1.165, 1.54) is 12.4 Å². The molecule has 0 saturated carbocycles. The Labute approximate surface area is 134 Å². The van der Waals surface area contributed by atoms with E-state index in [-0.39, 0.29) is 5.91 Å². The van der Waals surface area contributed by atoms with Crippen molar-refractivity contribution in [2.45, 2.75) is 0 Å². The van der Waals surface area contributed by atoms with Crippen molar-refractivity contribution in [3.63, 3.8) is 0 Å². The molecule has 0 aliphatic carbocycles. The predicted octanol–water partition coefficient (Wildman–Crippen LogP) is 1.76. The first-order valence-electron chi connectivity index (χ1n) is 7.17. The van der Waals surface area contributed by atoms with Crippen LogP contribution in [0.3, 0.4) is 0 Å². The monoisotopic (exact) mass is 302 g/mol. The van der Waals surface area contributed by atoms with E-state index >= 15 is 0 Å². The van der Waals surface area contributed by atoms with Crippen molar-refractivity contribution in [3.05, 3.63) is 61.4 Å². The van der Waals surface area contributed by atoms with E-state index in [1.54, 1.807) is 6.07 Å². The van der Waals surface area contributed by atoms with Gasteiger partial charge in [0.2, 0.25) is 5.91 Å². The highest BCUT2D eigenvalue weighted by Gasteiger charge is 2.06. The number of carbonyl (C=O) groups excluding carboxylic acids is 1. The van der Waals surface area contributed by atoms with Gasteiger partial charge in [-0.1, -0.05) is 24.2 Å². The minimum atomic E-state index is -0.255. The van der Waals surface area contributed by atoms with Crippen molar-refractivity contribution >= 4 is 47.3 Å². The maximum Gasteiger partial charge on any atom is 0.247 e. The van der Waals surface area contributed by atoms with Gasteiger partial charge in [0.15, 0.2) is 0 Å². The number of aromatic nitrogens is 2. The van der Waals surface area contributed by atoms with Gasteiger partial charge in [-0.05, 0) is 36.4 Å². The van der Waals surface area contributed by atoms with E-state index in [4.69, 9.17) is 0 Å². The fraction of sp³-hybridized carbons (Fsp3) is 0. The molecule has 1 heterocycles. The van der Waals surface area contributed by atoms with Crippen LogP contribution in [-0.4, -0.2) is 23.7 Å². The second kappa shape index (κ2) is 6.31. The molecular weight excluding hydrogens is 287 g/mol. The lowest BCUT2D eigenvalue weighted by Crippen LogP contribution is -2.07. The van der Waals surface area contributed by atoms with Gasteiger partial charge in [0, 0.05) is 16.8 Å². The van der Waals surface area contributed by atoms with Crippen LogP contribution in [0, 0.1) is 0 Å². The molecule has 0 fully saturated rings. The largest absolute Gasteiger partial charge is 0.340 e. The van der Waals surface area contributed by atoms with Crippen LogP contribution < -0.4 is 16.1 Å². The van der Waals surface area contributed by atoms with Crippen molar-refractivity contribution in [3.8, 4) is 0 Å². The molecule has 0 aliphatic heterocycles. The Hall–Kier alpha value is -3.15. The van der Waals surface area contributed by atoms with Crippen LogP contribution in [0.25, 0.3) is 10.9 Å². The third-order valence-electron chi connectivity index (χ3n) is 3.37. The van der Waals surface area contributed by atoms with Crippen LogP contribution in [0.15, 0.2) is 61.4 Å². The number of hydrogen-bond acceptors (Lipinski definition) is 4. The van der Waals surface area contributed by atoms with Crippen LogP contribution in [0.1, 0.15) is 0 Å². The van der Waals surface area contributed by atoms with E-state index in [9.17, 15) is 4.79 Å². The lowest BCUT2D eigenvalue weighted by atomic mass is 9.96. The number of carbonyl (C=O) groups is 1. The van der Waals surface area contributed by atoms with Crippen molar-refractivity contribution < 1.29 is 4.79 Å². The molecule has 0 bridgehead atoms. The Morgan fingerprint density at radius 1 is 1.13 bits per heavy atom. The van der Waals surface area contributed by atoms with Crippen molar-refractivity contribution in [1.82, 2.24) is 9.97 Å². The third-order valence-corrected chi connectivity index (χ3v) is 3.37. The highest BCUT2D eigenvalue weighted by atomic mass is 16.1. The highest BCUT2D eigenvalue weighted by molar-refractivity contribution is 6.32. The Morgan fingerprint density at radius 3 is 2.78 bits per heavy atom. The number of amides is 1. The van der Waals surface area contributed by atoms with Crippen molar-refractivity contribution in [2.24, 2.45) is 0 Å². The summed E-state index contributed by atoms with van der Waals surface area (Å²) >= 11 is 0. The van der Waals surface area contributed by atoms with Gasteiger partial charge in [-0.15, -0.1) is 0 Å². The predicted molar refractivity (Wildman–Crippen MR) is 96.3 cm³/mol. The van der Waals surface area contributed by atoms with Gasteiger partial charge in [-0.2, -0.15) is 0 Å². The van der Waals surface area contributed by atoms with Crippen molar-refractivity contribution in [2.75, 3.05) is 10.6 Å². The van der Waals surface area contributed by atoms with Crippen LogP contribution in [0.5, 0.6) is 0 Å². The zero-order chi connectivity index (χ0) is 16.2. The first kappa shape index (κ1) is 14.8. The Balaban J connectivity index is 2.00. The normalized spacial score (nSPS) is 10.3. The molecule has 6 heteroatoms. The van der Waals surface area contributed by atoms with Gasteiger partial charge < -0.3 is 10.6 Å². The number of nitrogens with zero attached hydrogens (tertiary/aromatic N) is 2. The second-order valence-corrected chi connectivity index (χ2v) is 5.14. The van der Waals surface area contributed by atoms with Crippen LogP contribution >= 0.6 is 0 Å². The number of hydrogen-bond donors (Lipinski definition) is 2. The van der Waals surface area contributed by atoms with Gasteiger partial charge in [-0.25, -0.2) is 9.97 Å². The van der Waals surface area contributed by atoms with Gasteiger partial charge in [0.05, 0.1) is 5.52 Å². The molecule has 0 aliphatic rings. The summed E-state index contributed by atoms with van der Waals surface area (Å²) in [5.41, 5.74) is 3.58. The first-order chi connectivity index (χ1) is 11.2. The number of anilines is 3. The van der Waals surface area contributed by atoms with Crippen LogP contribution in [-0.2, 0) is 4.79 Å². The van der Waals surface area contributed by atoms with E-state index < -0.39 is 0 Å². The molecule has 2 N–H and O–H groups in total. The summed E-state index contributed by atoms with van der Waals surface area (Å²) in [5, 5.41) is 6.87. The number of fused-ring (bicyclic) bond motifs is 1. The minimum Gasteiger partial charge on any atom is -0.340 e. The summed E-state index contributed by atoms with van der Waals surface area (Å²) in [4.78, 5) is 20.0. The number of benzene rings is 2. The molecule has 3 rings (SSSR count). The van der Waals surface area contributed by atoms with E-state index in [2.05, 4.69) is 27.2 Å². The Morgan fingerprint density at radius 2 is 2.00 bits per heavy atom. The Kier molecular flexibility index (Phi) is 4.06. The second-order valence-electron chi connectivity index (χ2n) is 5.14. The lowest BCUT2D eigenvalue weighted by Gasteiger charge is -2.10. The first-order valence-corrected chi connectivity index (χ1v) is 7.17. The van der Waals surface area contributed by atoms with Crippen LogP contribution in [0.2, 0.25) is 0 Å². The molecule has 1 aromatic heterocycles. The number of nitrogens with one attached hydrogen (secondary N) is 2. The standard InChI is InChI=1S/C17H15BN4O/c1-2-16(23)21-13-6-7-15-14(9-13)17(20-10-19-15)22-12-5-3-4-11(18)8-12/h2-10H,1,18H2,(H,21,23)(H,19,20,22). The third kappa shape index (κ3) is 3.37. The molecule has 0 atom stereocenters. The topological polar surface area (TPSA) is 66.9 Å². The van der Waals surface area contributed by atoms with E-state index in [0.29, 0.717) is 11.5 Å². The van der Waals surface area contributed by atoms with Gasteiger partial charge in [0.25, 0.3) is 0 Å². The molecule has 2 aromatic carbocycles. The molecule has 0 spiro atoms. The summed E-state index contributed by atoms with van der Waals surface area (Å²) in [6.45, 7) is 3.45. The number of rotatable bonds is 4. The summed E-state index contributed by atoms with van der Waals surface area (Å²) in [7, 11) is 2.03. The maximum absolute atomic E-state index is 11.5. The lowest BCUT2D eigenvalue weighted by molar-refractivity contribution is -0.111. The zero-order valence-corrected chi connectivity index (χ0v) is 12.7. The summed E-state index contributed by atoms with van der Waals surface area (Å²) < 4.78 is 0. The highest BCUT2D eigenvalue weighted by Crippen LogP contribution is 2.25. The van der Waals surface area contributed by atoms with Gasteiger partial charge >= 0.3 is 0 Å². The summed E-state index contributed by atoms with van der Waals surface area (Å²) in [5.74, 6) is 0.435. The average Bonchev–Trinajstić information content (AvgIpc) is 2.55. The maximum atomic E-state index is 11.5. The smallest absolute Gasteiger partial charge is 0.247 e. The van der Waals surface area contributed by atoms with Crippen molar-refractivity contribution in [1.29, 1.82) is 0 Å². The molecule has 3 aromatic rings. The van der Waals surface area contributed by atoms with E-state index in [1.807, 2.05) is 44.2 Å². The minimum absolute atomic E-state index is 0.255. The zero-order valence-electron chi connectivity index (χ0n) is 12.7.